The van der Waals surface area contributed by atoms with Gasteiger partial charge in [0.1, 0.15) is 11.6 Å². The molecule has 1 aliphatic rings. The van der Waals surface area contributed by atoms with E-state index in [2.05, 4.69) is 16.5 Å². The highest BCUT2D eigenvalue weighted by Crippen LogP contribution is 2.32. The number of nitrogens with zero attached hydrogens (tertiary/aromatic N) is 2. The lowest BCUT2D eigenvalue weighted by Gasteiger charge is -2.30. The van der Waals surface area contributed by atoms with E-state index in [4.69, 9.17) is 10.6 Å². The Balaban J connectivity index is 1.85. The number of rotatable bonds is 3. The number of aryl methyl sites for hydroxylation is 1. The fourth-order valence-electron chi connectivity index (χ4n) is 2.66. The number of para-hydroxylation sites is 1. The molecular weight excluding hydrogens is 240 g/mol. The van der Waals surface area contributed by atoms with E-state index < -0.39 is 0 Å². The molecule has 5 nitrogen and oxygen atoms in total. The zero-order valence-corrected chi connectivity index (χ0v) is 10.9. The predicted octanol–water partition coefficient (Wildman–Crippen LogP) is 1.18. The molecule has 5 heteroatoms. The van der Waals surface area contributed by atoms with Crippen molar-refractivity contribution >= 4 is 0 Å². The molecule has 0 aliphatic carbocycles. The van der Waals surface area contributed by atoms with E-state index in [1.54, 1.807) is 6.20 Å². The second-order valence-corrected chi connectivity index (χ2v) is 4.92. The Morgan fingerprint density at radius 3 is 3.05 bits per heavy atom. The molecule has 0 radical (unpaired) electrons. The van der Waals surface area contributed by atoms with E-state index >= 15 is 0 Å². The van der Waals surface area contributed by atoms with Crippen molar-refractivity contribution in [2.75, 3.05) is 6.61 Å². The average molecular weight is 258 g/mol. The van der Waals surface area contributed by atoms with Crippen LogP contribution in [0.15, 0.2) is 36.7 Å². The van der Waals surface area contributed by atoms with Crippen LogP contribution in [-0.2, 0) is 13.5 Å². The Labute approximate surface area is 112 Å². The highest BCUT2D eigenvalue weighted by Gasteiger charge is 2.30. The van der Waals surface area contributed by atoms with Gasteiger partial charge in [0.25, 0.3) is 0 Å². The van der Waals surface area contributed by atoms with Crippen LogP contribution in [0.5, 0.6) is 5.75 Å². The zero-order valence-electron chi connectivity index (χ0n) is 10.9. The molecule has 0 spiro atoms. The number of hydrogen-bond acceptors (Lipinski definition) is 4. The third-order valence-corrected chi connectivity index (χ3v) is 3.70. The van der Waals surface area contributed by atoms with Crippen molar-refractivity contribution in [2.45, 2.75) is 12.5 Å². The molecule has 0 fully saturated rings. The number of imidazole rings is 1. The van der Waals surface area contributed by atoms with E-state index in [0.29, 0.717) is 6.61 Å². The highest BCUT2D eigenvalue weighted by molar-refractivity contribution is 5.35. The van der Waals surface area contributed by atoms with Crippen molar-refractivity contribution in [1.82, 2.24) is 15.0 Å². The van der Waals surface area contributed by atoms with Crippen molar-refractivity contribution < 1.29 is 4.74 Å². The molecule has 3 rings (SSSR count). The van der Waals surface area contributed by atoms with E-state index in [9.17, 15) is 0 Å². The summed E-state index contributed by atoms with van der Waals surface area (Å²) in [4.78, 5) is 4.38. The number of ether oxygens (including phenoxy) is 1. The minimum Gasteiger partial charge on any atom is -0.493 e. The molecule has 1 aromatic carbocycles. The first-order valence-corrected chi connectivity index (χ1v) is 6.43. The minimum absolute atomic E-state index is 0.00615. The molecule has 2 unspecified atom stereocenters. The standard InChI is InChI=1S/C14H18N4O/c1-18-7-6-16-14(18)13(17-15)11-8-10-4-2-3-5-12(10)19-9-11/h2-7,11,13,17H,8-9,15H2,1H3. The molecule has 19 heavy (non-hydrogen) atoms. The quantitative estimate of drug-likeness (QED) is 0.641. The molecule has 2 heterocycles. The van der Waals surface area contributed by atoms with E-state index in [1.807, 2.05) is 36.0 Å². The maximum Gasteiger partial charge on any atom is 0.127 e. The van der Waals surface area contributed by atoms with Crippen LogP contribution in [-0.4, -0.2) is 16.2 Å². The van der Waals surface area contributed by atoms with Gasteiger partial charge in [0, 0.05) is 25.4 Å². The normalized spacial score (nSPS) is 19.6. The first kappa shape index (κ1) is 12.2. The third-order valence-electron chi connectivity index (χ3n) is 3.70. The minimum atomic E-state index is -0.00615. The Kier molecular flexibility index (Phi) is 3.23. The monoisotopic (exact) mass is 258 g/mol. The second-order valence-electron chi connectivity index (χ2n) is 4.92. The molecule has 0 saturated heterocycles. The van der Waals surface area contributed by atoms with Crippen LogP contribution in [0.1, 0.15) is 17.4 Å². The SMILES string of the molecule is Cn1ccnc1C(NN)C1COc2ccccc2C1. The molecule has 2 aromatic rings. The van der Waals surface area contributed by atoms with Crippen LogP contribution in [0.2, 0.25) is 0 Å². The van der Waals surface area contributed by atoms with E-state index in [0.717, 1.165) is 18.0 Å². The van der Waals surface area contributed by atoms with Gasteiger partial charge in [0.2, 0.25) is 0 Å². The highest BCUT2D eigenvalue weighted by atomic mass is 16.5. The van der Waals surface area contributed by atoms with Crippen molar-refractivity contribution in [1.29, 1.82) is 0 Å². The van der Waals surface area contributed by atoms with Crippen LogP contribution in [0.4, 0.5) is 0 Å². The first-order valence-electron chi connectivity index (χ1n) is 6.43. The Morgan fingerprint density at radius 2 is 2.32 bits per heavy atom. The largest absolute Gasteiger partial charge is 0.493 e. The Morgan fingerprint density at radius 1 is 1.47 bits per heavy atom. The van der Waals surface area contributed by atoms with Gasteiger partial charge in [-0.15, -0.1) is 0 Å². The predicted molar refractivity (Wildman–Crippen MR) is 72.4 cm³/mol. The fourth-order valence-corrected chi connectivity index (χ4v) is 2.66. The number of benzene rings is 1. The zero-order chi connectivity index (χ0) is 13.2. The molecule has 3 N–H and O–H groups in total. The van der Waals surface area contributed by atoms with Crippen molar-refractivity contribution in [2.24, 2.45) is 18.8 Å². The maximum atomic E-state index is 5.82. The first-order chi connectivity index (χ1) is 9.29. The van der Waals surface area contributed by atoms with Crippen LogP contribution < -0.4 is 16.0 Å². The summed E-state index contributed by atoms with van der Waals surface area (Å²) >= 11 is 0. The fraction of sp³-hybridized carbons (Fsp3) is 0.357. The molecule has 1 aromatic heterocycles. The van der Waals surface area contributed by atoms with Crippen LogP contribution in [0.25, 0.3) is 0 Å². The molecule has 100 valence electrons. The molecule has 0 amide bonds. The number of nitrogens with two attached hydrogens (primary N) is 1. The average Bonchev–Trinajstić information content (AvgIpc) is 2.86. The lowest BCUT2D eigenvalue weighted by Crippen LogP contribution is -2.40. The van der Waals surface area contributed by atoms with Gasteiger partial charge in [-0.2, -0.15) is 0 Å². The third kappa shape index (κ3) is 2.22. The number of hydrazine groups is 1. The number of fused-ring (bicyclic) bond motifs is 1. The molecule has 2 atom stereocenters. The Hall–Kier alpha value is -1.85. The van der Waals surface area contributed by atoms with Crippen molar-refractivity contribution in [3.8, 4) is 5.75 Å². The Bertz CT molecular complexity index is 566. The summed E-state index contributed by atoms with van der Waals surface area (Å²) in [7, 11) is 1.98. The van der Waals surface area contributed by atoms with Gasteiger partial charge in [-0.3, -0.25) is 5.84 Å². The summed E-state index contributed by atoms with van der Waals surface area (Å²) in [5.41, 5.74) is 4.11. The van der Waals surface area contributed by atoms with Gasteiger partial charge >= 0.3 is 0 Å². The second kappa shape index (κ2) is 5.03. The molecular formula is C14H18N4O. The van der Waals surface area contributed by atoms with Crippen LogP contribution in [0, 0.1) is 5.92 Å². The smallest absolute Gasteiger partial charge is 0.127 e. The topological polar surface area (TPSA) is 65.1 Å². The van der Waals surface area contributed by atoms with Gasteiger partial charge in [-0.25, -0.2) is 10.4 Å². The number of hydrogen-bond donors (Lipinski definition) is 2. The van der Waals surface area contributed by atoms with Crippen molar-refractivity contribution in [3.05, 3.63) is 48.0 Å². The van der Waals surface area contributed by atoms with E-state index in [-0.39, 0.29) is 12.0 Å². The van der Waals surface area contributed by atoms with Gasteiger partial charge in [0.15, 0.2) is 0 Å². The summed E-state index contributed by atoms with van der Waals surface area (Å²) in [6.07, 6.45) is 4.66. The maximum absolute atomic E-state index is 5.82. The molecule has 0 saturated carbocycles. The lowest BCUT2D eigenvalue weighted by atomic mass is 9.90. The van der Waals surface area contributed by atoms with Gasteiger partial charge in [-0.1, -0.05) is 18.2 Å². The lowest BCUT2D eigenvalue weighted by molar-refractivity contribution is 0.180. The van der Waals surface area contributed by atoms with Gasteiger partial charge < -0.3 is 9.30 Å². The summed E-state index contributed by atoms with van der Waals surface area (Å²) in [6.45, 7) is 0.652. The van der Waals surface area contributed by atoms with Crippen molar-refractivity contribution in [3.63, 3.8) is 0 Å². The van der Waals surface area contributed by atoms with Crippen LogP contribution >= 0.6 is 0 Å². The summed E-state index contributed by atoms with van der Waals surface area (Å²) in [6, 6.07) is 8.14. The molecule has 0 bridgehead atoms. The number of nitrogens with one attached hydrogen (secondary N) is 1. The van der Waals surface area contributed by atoms with Gasteiger partial charge in [-0.05, 0) is 18.1 Å². The van der Waals surface area contributed by atoms with E-state index in [1.165, 1.54) is 5.56 Å². The van der Waals surface area contributed by atoms with Crippen LogP contribution in [0.3, 0.4) is 0 Å². The summed E-state index contributed by atoms with van der Waals surface area (Å²) in [5.74, 6) is 7.92. The summed E-state index contributed by atoms with van der Waals surface area (Å²) < 4.78 is 7.82. The van der Waals surface area contributed by atoms with Gasteiger partial charge in [0.05, 0.1) is 12.6 Å². The molecule has 1 aliphatic heterocycles. The summed E-state index contributed by atoms with van der Waals surface area (Å²) in [5, 5.41) is 0. The number of aromatic nitrogens is 2.